The van der Waals surface area contributed by atoms with Gasteiger partial charge in [-0.25, -0.2) is 17.6 Å². The fourth-order valence-electron chi connectivity index (χ4n) is 0.985. The number of rotatable bonds is 1. The van der Waals surface area contributed by atoms with Crippen molar-refractivity contribution in [3.63, 3.8) is 0 Å². The van der Waals surface area contributed by atoms with Crippen LogP contribution in [0.2, 0.25) is 0 Å². The minimum absolute atomic E-state index is 0.838. The molecule has 0 bridgehead atoms. The first-order valence-corrected chi connectivity index (χ1v) is 3.56. The molecular formula is C8H6F4O2. The number of benzene rings is 1. The van der Waals surface area contributed by atoms with Crippen molar-refractivity contribution in [2.45, 2.75) is 13.2 Å². The Morgan fingerprint density at radius 1 is 0.857 bits per heavy atom. The molecule has 0 aliphatic heterocycles. The normalized spacial score (nSPS) is 11.1. The molecule has 0 heterocycles. The quantitative estimate of drug-likeness (QED) is 0.419. The van der Waals surface area contributed by atoms with E-state index in [1.54, 1.807) is 0 Å². The Hall–Kier alpha value is -1.14. The average molecular weight is 210 g/mol. The monoisotopic (exact) mass is 210 g/mol. The molecule has 6 heteroatoms. The van der Waals surface area contributed by atoms with Gasteiger partial charge in [-0.05, 0) is 6.92 Å². The van der Waals surface area contributed by atoms with Gasteiger partial charge in [0.05, 0.1) is 5.56 Å². The van der Waals surface area contributed by atoms with Crippen LogP contribution in [0.5, 0.6) is 0 Å². The van der Waals surface area contributed by atoms with Crippen molar-refractivity contribution < 1.29 is 27.8 Å². The van der Waals surface area contributed by atoms with E-state index in [1.165, 1.54) is 0 Å². The maximum atomic E-state index is 12.9. The second kappa shape index (κ2) is 3.55. The molecule has 0 fully saturated rings. The number of hydrogen-bond acceptors (Lipinski definition) is 2. The van der Waals surface area contributed by atoms with Gasteiger partial charge in [-0.15, -0.1) is 0 Å². The zero-order valence-corrected chi connectivity index (χ0v) is 6.98. The summed E-state index contributed by atoms with van der Waals surface area (Å²) in [7, 11) is 0. The van der Waals surface area contributed by atoms with Gasteiger partial charge in [-0.2, -0.15) is 0 Å². The van der Waals surface area contributed by atoms with Gasteiger partial charge in [0.2, 0.25) is 0 Å². The Morgan fingerprint density at radius 3 is 1.50 bits per heavy atom. The van der Waals surface area contributed by atoms with Crippen LogP contribution < -0.4 is 0 Å². The Labute approximate surface area is 76.4 Å². The van der Waals surface area contributed by atoms with Crippen LogP contribution in [0.1, 0.15) is 17.4 Å². The standard InChI is InChI=1S/C8H6F4O2/c1-2-4(9)6(11)3(8(13)14)7(12)5(2)10/h8,13-14H,1H3. The van der Waals surface area contributed by atoms with Crippen LogP contribution in [0.15, 0.2) is 0 Å². The lowest BCUT2D eigenvalue weighted by atomic mass is 10.1. The number of halogens is 4. The third kappa shape index (κ3) is 1.46. The van der Waals surface area contributed by atoms with Gasteiger partial charge in [0.25, 0.3) is 0 Å². The van der Waals surface area contributed by atoms with Crippen molar-refractivity contribution in [2.75, 3.05) is 0 Å². The highest BCUT2D eigenvalue weighted by atomic mass is 19.2. The van der Waals surface area contributed by atoms with Gasteiger partial charge >= 0.3 is 0 Å². The van der Waals surface area contributed by atoms with Crippen LogP contribution in [0.4, 0.5) is 17.6 Å². The van der Waals surface area contributed by atoms with E-state index in [4.69, 9.17) is 10.2 Å². The van der Waals surface area contributed by atoms with E-state index in [9.17, 15) is 17.6 Å². The third-order valence-electron chi connectivity index (χ3n) is 1.78. The molecule has 0 unspecified atom stereocenters. The van der Waals surface area contributed by atoms with E-state index in [2.05, 4.69) is 0 Å². The lowest BCUT2D eigenvalue weighted by molar-refractivity contribution is -0.0485. The first-order chi connectivity index (χ1) is 6.37. The predicted molar refractivity (Wildman–Crippen MR) is 38.2 cm³/mol. The highest BCUT2D eigenvalue weighted by molar-refractivity contribution is 5.29. The SMILES string of the molecule is Cc1c(F)c(F)c(C(O)O)c(F)c1F. The molecule has 2 nitrogen and oxygen atoms in total. The van der Waals surface area contributed by atoms with Gasteiger partial charge in [-0.3, -0.25) is 0 Å². The van der Waals surface area contributed by atoms with Crippen molar-refractivity contribution in [3.05, 3.63) is 34.4 Å². The molecule has 0 amide bonds. The molecule has 0 saturated heterocycles. The fourth-order valence-corrected chi connectivity index (χ4v) is 0.985. The van der Waals surface area contributed by atoms with Crippen LogP contribution in [0.3, 0.4) is 0 Å². The van der Waals surface area contributed by atoms with E-state index in [-0.39, 0.29) is 0 Å². The molecule has 1 aromatic carbocycles. The van der Waals surface area contributed by atoms with Crippen LogP contribution in [-0.4, -0.2) is 10.2 Å². The lowest BCUT2D eigenvalue weighted by Crippen LogP contribution is -2.10. The second-order valence-corrected chi connectivity index (χ2v) is 2.67. The molecule has 0 aliphatic carbocycles. The topological polar surface area (TPSA) is 40.5 Å². The van der Waals surface area contributed by atoms with Gasteiger partial charge in [0.15, 0.2) is 29.6 Å². The van der Waals surface area contributed by atoms with Gasteiger partial charge in [0, 0.05) is 5.56 Å². The van der Waals surface area contributed by atoms with E-state index in [0.717, 1.165) is 6.92 Å². The zero-order valence-electron chi connectivity index (χ0n) is 6.98. The number of hydrogen-bond donors (Lipinski definition) is 2. The summed E-state index contributed by atoms with van der Waals surface area (Å²) < 4.78 is 51.3. The second-order valence-electron chi connectivity index (χ2n) is 2.67. The van der Waals surface area contributed by atoms with E-state index in [0.29, 0.717) is 0 Å². The Bertz CT molecular complexity index is 347. The molecule has 0 aliphatic rings. The van der Waals surface area contributed by atoms with E-state index < -0.39 is 40.7 Å². The molecule has 1 aromatic rings. The Balaban J connectivity index is 3.60. The van der Waals surface area contributed by atoms with Crippen LogP contribution in [-0.2, 0) is 0 Å². The van der Waals surface area contributed by atoms with Crippen LogP contribution in [0.25, 0.3) is 0 Å². The van der Waals surface area contributed by atoms with Gasteiger partial charge in [-0.1, -0.05) is 0 Å². The summed E-state index contributed by atoms with van der Waals surface area (Å²) in [6, 6.07) is 0. The maximum absolute atomic E-state index is 12.9. The average Bonchev–Trinajstić information content (AvgIpc) is 2.11. The maximum Gasteiger partial charge on any atom is 0.184 e. The Morgan fingerprint density at radius 2 is 1.21 bits per heavy atom. The summed E-state index contributed by atoms with van der Waals surface area (Å²) in [6.07, 6.45) is -2.60. The predicted octanol–water partition coefficient (Wildman–Crippen LogP) is 1.53. The minimum atomic E-state index is -2.60. The summed E-state index contributed by atoms with van der Waals surface area (Å²) in [6.45, 7) is 0.838. The summed E-state index contributed by atoms with van der Waals surface area (Å²) in [5.41, 5.74) is -2.27. The number of aliphatic hydroxyl groups is 2. The van der Waals surface area contributed by atoms with Gasteiger partial charge in [0.1, 0.15) is 0 Å². The van der Waals surface area contributed by atoms with Crippen molar-refractivity contribution >= 4 is 0 Å². The molecular weight excluding hydrogens is 204 g/mol. The smallest absolute Gasteiger partial charge is 0.184 e. The number of aliphatic hydroxyl groups excluding tert-OH is 1. The molecule has 14 heavy (non-hydrogen) atoms. The summed E-state index contributed by atoms with van der Waals surface area (Å²) in [5, 5.41) is 16.9. The Kier molecular flexibility index (Phi) is 2.77. The largest absolute Gasteiger partial charge is 0.364 e. The molecule has 1 rings (SSSR count). The van der Waals surface area contributed by atoms with E-state index >= 15 is 0 Å². The first kappa shape index (κ1) is 10.9. The highest BCUT2D eigenvalue weighted by Crippen LogP contribution is 2.26. The summed E-state index contributed by atoms with van der Waals surface area (Å²) >= 11 is 0. The van der Waals surface area contributed by atoms with Crippen molar-refractivity contribution in [2.24, 2.45) is 0 Å². The molecule has 0 atom stereocenters. The summed E-state index contributed by atoms with van der Waals surface area (Å²) in [4.78, 5) is 0. The van der Waals surface area contributed by atoms with Crippen LogP contribution in [0, 0.1) is 30.2 Å². The first-order valence-electron chi connectivity index (χ1n) is 3.56. The highest BCUT2D eigenvalue weighted by Gasteiger charge is 2.26. The minimum Gasteiger partial charge on any atom is -0.364 e. The van der Waals surface area contributed by atoms with E-state index in [1.807, 2.05) is 0 Å². The molecule has 0 radical (unpaired) electrons. The van der Waals surface area contributed by atoms with Crippen molar-refractivity contribution in [1.29, 1.82) is 0 Å². The van der Waals surface area contributed by atoms with Crippen LogP contribution >= 0.6 is 0 Å². The molecule has 0 saturated carbocycles. The van der Waals surface area contributed by atoms with Gasteiger partial charge < -0.3 is 10.2 Å². The molecule has 78 valence electrons. The fraction of sp³-hybridized carbons (Fsp3) is 0.250. The molecule has 2 N–H and O–H groups in total. The third-order valence-corrected chi connectivity index (χ3v) is 1.78. The summed E-state index contributed by atoms with van der Waals surface area (Å²) in [5.74, 6) is -6.85. The lowest BCUT2D eigenvalue weighted by Gasteiger charge is -2.10. The van der Waals surface area contributed by atoms with Crippen molar-refractivity contribution in [3.8, 4) is 0 Å². The molecule has 0 aromatic heterocycles. The zero-order chi connectivity index (χ0) is 11.0. The van der Waals surface area contributed by atoms with Crippen molar-refractivity contribution in [1.82, 2.24) is 0 Å². The molecule has 0 spiro atoms.